The van der Waals surface area contributed by atoms with Gasteiger partial charge in [-0.15, -0.1) is 0 Å². The lowest BCUT2D eigenvalue weighted by Gasteiger charge is -2.24. The Morgan fingerprint density at radius 2 is 2.06 bits per heavy atom. The van der Waals surface area contributed by atoms with Gasteiger partial charge in [0.2, 0.25) is 0 Å². The van der Waals surface area contributed by atoms with Gasteiger partial charge in [0.05, 0.1) is 7.11 Å². The largest absolute Gasteiger partial charge is 0.497 e. The Morgan fingerprint density at radius 3 is 2.56 bits per heavy atom. The van der Waals surface area contributed by atoms with Crippen LogP contribution in [0.25, 0.3) is 0 Å². The second-order valence-electron chi connectivity index (χ2n) is 4.55. The SMILES string of the molecule is CCC(C)(C)NCc1ccc(OC)cc1F. The summed E-state index contributed by atoms with van der Waals surface area (Å²) in [7, 11) is 1.53. The summed E-state index contributed by atoms with van der Waals surface area (Å²) in [5, 5.41) is 3.32. The molecule has 3 heteroatoms. The molecule has 0 amide bonds. The zero-order valence-corrected chi connectivity index (χ0v) is 10.4. The molecule has 16 heavy (non-hydrogen) atoms. The van der Waals surface area contributed by atoms with E-state index in [9.17, 15) is 4.39 Å². The third-order valence-electron chi connectivity index (χ3n) is 2.90. The van der Waals surface area contributed by atoms with Crippen molar-refractivity contribution in [3.05, 3.63) is 29.6 Å². The average Bonchev–Trinajstić information content (AvgIpc) is 2.27. The Morgan fingerprint density at radius 1 is 1.38 bits per heavy atom. The van der Waals surface area contributed by atoms with Crippen LogP contribution in [0.3, 0.4) is 0 Å². The van der Waals surface area contributed by atoms with Gasteiger partial charge in [0.1, 0.15) is 11.6 Å². The molecule has 1 rings (SSSR count). The number of ether oxygens (including phenoxy) is 1. The van der Waals surface area contributed by atoms with Crippen molar-refractivity contribution in [3.63, 3.8) is 0 Å². The van der Waals surface area contributed by atoms with E-state index in [4.69, 9.17) is 4.74 Å². The summed E-state index contributed by atoms with van der Waals surface area (Å²) in [6.45, 7) is 6.86. The van der Waals surface area contributed by atoms with E-state index in [1.807, 2.05) is 0 Å². The van der Waals surface area contributed by atoms with E-state index in [1.165, 1.54) is 13.2 Å². The molecular formula is C13H20FNO. The number of methoxy groups -OCH3 is 1. The van der Waals surface area contributed by atoms with Crippen molar-refractivity contribution >= 4 is 0 Å². The molecule has 0 saturated carbocycles. The summed E-state index contributed by atoms with van der Waals surface area (Å²) >= 11 is 0. The smallest absolute Gasteiger partial charge is 0.131 e. The lowest BCUT2D eigenvalue weighted by atomic mass is 10.0. The molecule has 90 valence electrons. The second-order valence-corrected chi connectivity index (χ2v) is 4.55. The first-order valence-corrected chi connectivity index (χ1v) is 5.56. The van der Waals surface area contributed by atoms with Crippen molar-refractivity contribution in [1.29, 1.82) is 0 Å². The van der Waals surface area contributed by atoms with E-state index >= 15 is 0 Å². The summed E-state index contributed by atoms with van der Waals surface area (Å²) in [6, 6.07) is 4.95. The third kappa shape index (κ3) is 3.49. The van der Waals surface area contributed by atoms with Crippen LogP contribution >= 0.6 is 0 Å². The van der Waals surface area contributed by atoms with Crippen molar-refractivity contribution in [1.82, 2.24) is 5.32 Å². The number of benzene rings is 1. The number of hydrogen-bond donors (Lipinski definition) is 1. The van der Waals surface area contributed by atoms with E-state index in [1.54, 1.807) is 12.1 Å². The Labute approximate surface area is 96.8 Å². The van der Waals surface area contributed by atoms with Gasteiger partial charge in [0.15, 0.2) is 0 Å². The van der Waals surface area contributed by atoms with E-state index < -0.39 is 0 Å². The summed E-state index contributed by atoms with van der Waals surface area (Å²) in [6.07, 6.45) is 1.00. The van der Waals surface area contributed by atoms with Crippen LogP contribution in [0.1, 0.15) is 32.8 Å². The van der Waals surface area contributed by atoms with Gasteiger partial charge in [-0.3, -0.25) is 0 Å². The maximum absolute atomic E-state index is 13.6. The van der Waals surface area contributed by atoms with Gasteiger partial charge in [0, 0.05) is 23.7 Å². The van der Waals surface area contributed by atoms with Gasteiger partial charge in [0.25, 0.3) is 0 Å². The molecule has 0 saturated heterocycles. The van der Waals surface area contributed by atoms with Gasteiger partial charge in [-0.1, -0.05) is 13.0 Å². The fourth-order valence-electron chi connectivity index (χ4n) is 1.26. The molecule has 0 aliphatic carbocycles. The van der Waals surface area contributed by atoms with Crippen LogP contribution in [0.4, 0.5) is 4.39 Å². The van der Waals surface area contributed by atoms with Crippen LogP contribution in [0.2, 0.25) is 0 Å². The molecule has 0 radical (unpaired) electrons. The fraction of sp³-hybridized carbons (Fsp3) is 0.538. The number of rotatable bonds is 5. The standard InChI is InChI=1S/C13H20FNO/c1-5-13(2,3)15-9-10-6-7-11(16-4)8-12(10)14/h6-8,15H,5,9H2,1-4H3. The fourth-order valence-corrected chi connectivity index (χ4v) is 1.26. The number of halogens is 1. The lowest BCUT2D eigenvalue weighted by Crippen LogP contribution is -2.38. The molecule has 0 aliphatic rings. The first-order chi connectivity index (χ1) is 7.48. The molecule has 0 fully saturated rings. The Hall–Kier alpha value is -1.09. The third-order valence-corrected chi connectivity index (χ3v) is 2.90. The van der Waals surface area contributed by atoms with Crippen molar-refractivity contribution < 1.29 is 9.13 Å². The molecule has 0 bridgehead atoms. The molecule has 1 N–H and O–H groups in total. The topological polar surface area (TPSA) is 21.3 Å². The predicted molar refractivity (Wildman–Crippen MR) is 64.2 cm³/mol. The Kier molecular flexibility index (Phi) is 4.30. The minimum atomic E-state index is -0.223. The molecule has 1 aromatic rings. The van der Waals surface area contributed by atoms with E-state index in [0.29, 0.717) is 17.9 Å². The molecule has 1 aromatic carbocycles. The van der Waals surface area contributed by atoms with Crippen LogP contribution in [-0.2, 0) is 6.54 Å². The summed E-state index contributed by atoms with van der Waals surface area (Å²) in [5.74, 6) is 0.328. The van der Waals surface area contributed by atoms with Crippen LogP contribution in [0.5, 0.6) is 5.75 Å². The molecule has 0 spiro atoms. The van der Waals surface area contributed by atoms with Crippen LogP contribution in [-0.4, -0.2) is 12.6 Å². The predicted octanol–water partition coefficient (Wildman–Crippen LogP) is 3.11. The quantitative estimate of drug-likeness (QED) is 0.831. The van der Waals surface area contributed by atoms with E-state index in [-0.39, 0.29) is 11.4 Å². The summed E-state index contributed by atoms with van der Waals surface area (Å²) in [5.41, 5.74) is 0.703. The van der Waals surface area contributed by atoms with Crippen molar-refractivity contribution in [2.75, 3.05) is 7.11 Å². The van der Waals surface area contributed by atoms with Gasteiger partial charge < -0.3 is 10.1 Å². The van der Waals surface area contributed by atoms with Gasteiger partial charge in [-0.2, -0.15) is 0 Å². The molecule has 0 aliphatic heterocycles. The molecule has 0 unspecified atom stereocenters. The minimum absolute atomic E-state index is 0.0341. The molecule has 2 nitrogen and oxygen atoms in total. The lowest BCUT2D eigenvalue weighted by molar-refractivity contribution is 0.370. The van der Waals surface area contributed by atoms with Crippen LogP contribution in [0, 0.1) is 5.82 Å². The molecule has 0 heterocycles. The Bertz CT molecular complexity index is 350. The van der Waals surface area contributed by atoms with Gasteiger partial charge in [-0.05, 0) is 26.3 Å². The highest BCUT2D eigenvalue weighted by Gasteiger charge is 2.14. The zero-order valence-electron chi connectivity index (χ0n) is 10.4. The normalized spacial score (nSPS) is 11.6. The summed E-state index contributed by atoms with van der Waals surface area (Å²) < 4.78 is 18.6. The Balaban J connectivity index is 2.68. The van der Waals surface area contributed by atoms with Crippen LogP contribution in [0.15, 0.2) is 18.2 Å². The second kappa shape index (κ2) is 5.30. The van der Waals surface area contributed by atoms with Crippen LogP contribution < -0.4 is 10.1 Å². The highest BCUT2D eigenvalue weighted by atomic mass is 19.1. The monoisotopic (exact) mass is 225 g/mol. The average molecular weight is 225 g/mol. The molecule has 0 aromatic heterocycles. The minimum Gasteiger partial charge on any atom is -0.497 e. The molecule has 0 atom stereocenters. The van der Waals surface area contributed by atoms with Gasteiger partial charge in [-0.25, -0.2) is 4.39 Å². The van der Waals surface area contributed by atoms with Gasteiger partial charge >= 0.3 is 0 Å². The number of hydrogen-bond acceptors (Lipinski definition) is 2. The maximum atomic E-state index is 13.6. The van der Waals surface area contributed by atoms with Crippen molar-refractivity contribution in [2.24, 2.45) is 0 Å². The van der Waals surface area contributed by atoms with E-state index in [2.05, 4.69) is 26.1 Å². The molecular weight excluding hydrogens is 205 g/mol. The highest BCUT2D eigenvalue weighted by Crippen LogP contribution is 2.17. The zero-order chi connectivity index (χ0) is 12.2. The number of nitrogens with one attached hydrogen (secondary N) is 1. The first kappa shape index (κ1) is 13.0. The maximum Gasteiger partial charge on any atom is 0.131 e. The van der Waals surface area contributed by atoms with E-state index in [0.717, 1.165) is 6.42 Å². The highest BCUT2D eigenvalue weighted by molar-refractivity contribution is 5.28. The first-order valence-electron chi connectivity index (χ1n) is 5.56. The summed E-state index contributed by atoms with van der Waals surface area (Å²) in [4.78, 5) is 0. The van der Waals surface area contributed by atoms with Crippen molar-refractivity contribution in [3.8, 4) is 5.75 Å². The van der Waals surface area contributed by atoms with Crippen molar-refractivity contribution in [2.45, 2.75) is 39.3 Å².